The SMILES string of the molecule is Cc1ccc(C2c3c(oc4ccc(Cl)cc4c3=O)C(=O)N2c2ccc(Br)cc2)cc1. The molecule has 0 saturated heterocycles. The molecular weight excluding hydrogens is 466 g/mol. The molecule has 6 heteroatoms. The molecule has 1 aromatic heterocycles. The molecule has 1 unspecified atom stereocenters. The molecule has 1 amide bonds. The standard InChI is InChI=1S/C24H15BrClNO3/c1-13-2-4-14(5-3-13)21-20-22(28)18-12-16(26)8-11-19(18)30-23(20)24(29)27(21)17-9-6-15(25)7-10-17/h2-12,21H,1H3. The van der Waals surface area contributed by atoms with Crippen LogP contribution in [0.5, 0.6) is 0 Å². The van der Waals surface area contributed by atoms with Gasteiger partial charge in [-0.3, -0.25) is 14.5 Å². The summed E-state index contributed by atoms with van der Waals surface area (Å²) in [5, 5.41) is 0.805. The zero-order valence-electron chi connectivity index (χ0n) is 15.9. The zero-order chi connectivity index (χ0) is 21.0. The molecule has 4 nitrogen and oxygen atoms in total. The maximum absolute atomic E-state index is 13.5. The molecule has 0 bridgehead atoms. The van der Waals surface area contributed by atoms with Crippen LogP contribution in [-0.2, 0) is 0 Å². The van der Waals surface area contributed by atoms with E-state index in [1.807, 2.05) is 55.5 Å². The van der Waals surface area contributed by atoms with Crippen LogP contribution in [0.4, 0.5) is 5.69 Å². The van der Waals surface area contributed by atoms with Crippen molar-refractivity contribution < 1.29 is 9.21 Å². The Bertz CT molecular complexity index is 1360. The van der Waals surface area contributed by atoms with Gasteiger partial charge in [-0.2, -0.15) is 0 Å². The van der Waals surface area contributed by atoms with E-state index in [4.69, 9.17) is 16.0 Å². The predicted molar refractivity (Wildman–Crippen MR) is 121 cm³/mol. The molecule has 1 atom stereocenters. The number of hydrogen-bond acceptors (Lipinski definition) is 3. The van der Waals surface area contributed by atoms with E-state index in [0.717, 1.165) is 15.6 Å². The van der Waals surface area contributed by atoms with Gasteiger partial charge in [-0.15, -0.1) is 0 Å². The van der Waals surface area contributed by atoms with Crippen molar-refractivity contribution in [3.05, 3.63) is 109 Å². The Labute approximate surface area is 185 Å². The van der Waals surface area contributed by atoms with Gasteiger partial charge in [-0.25, -0.2) is 0 Å². The largest absolute Gasteiger partial charge is 0.450 e. The lowest BCUT2D eigenvalue weighted by Gasteiger charge is -2.25. The highest BCUT2D eigenvalue weighted by Gasteiger charge is 2.43. The average molecular weight is 481 g/mol. The van der Waals surface area contributed by atoms with Gasteiger partial charge in [-0.1, -0.05) is 57.4 Å². The third kappa shape index (κ3) is 2.97. The summed E-state index contributed by atoms with van der Waals surface area (Å²) in [6, 6.07) is 19.5. The first-order valence-electron chi connectivity index (χ1n) is 9.36. The Balaban J connectivity index is 1.81. The van der Waals surface area contributed by atoms with E-state index in [9.17, 15) is 9.59 Å². The lowest BCUT2D eigenvalue weighted by atomic mass is 9.97. The Morgan fingerprint density at radius 3 is 2.37 bits per heavy atom. The highest BCUT2D eigenvalue weighted by atomic mass is 79.9. The van der Waals surface area contributed by atoms with Gasteiger partial charge in [0.05, 0.1) is 17.0 Å². The van der Waals surface area contributed by atoms with Crippen molar-refractivity contribution in [2.24, 2.45) is 0 Å². The lowest BCUT2D eigenvalue weighted by Crippen LogP contribution is -2.29. The normalized spacial score (nSPS) is 15.6. The van der Waals surface area contributed by atoms with E-state index in [-0.39, 0.29) is 17.1 Å². The van der Waals surface area contributed by atoms with Gasteiger partial charge in [0, 0.05) is 15.2 Å². The number of nitrogens with zero attached hydrogens (tertiary/aromatic N) is 1. The Kier molecular flexibility index (Phi) is 4.53. The molecule has 0 aliphatic carbocycles. The van der Waals surface area contributed by atoms with Crippen LogP contribution in [0.25, 0.3) is 11.0 Å². The number of carbonyl (C=O) groups is 1. The van der Waals surface area contributed by atoms with Crippen molar-refractivity contribution in [3.8, 4) is 0 Å². The molecule has 0 fully saturated rings. The Morgan fingerprint density at radius 2 is 1.67 bits per heavy atom. The smallest absolute Gasteiger partial charge is 0.295 e. The van der Waals surface area contributed by atoms with E-state index in [2.05, 4.69) is 15.9 Å². The van der Waals surface area contributed by atoms with Crippen LogP contribution in [0.2, 0.25) is 5.02 Å². The minimum absolute atomic E-state index is 0.0725. The van der Waals surface area contributed by atoms with Crippen LogP contribution >= 0.6 is 27.5 Å². The van der Waals surface area contributed by atoms with E-state index < -0.39 is 6.04 Å². The van der Waals surface area contributed by atoms with Crippen molar-refractivity contribution in [2.45, 2.75) is 13.0 Å². The maximum atomic E-state index is 13.5. The Morgan fingerprint density at radius 1 is 0.967 bits per heavy atom. The van der Waals surface area contributed by atoms with Crippen molar-refractivity contribution in [2.75, 3.05) is 4.90 Å². The summed E-state index contributed by atoms with van der Waals surface area (Å²) in [5.74, 6) is -0.268. The van der Waals surface area contributed by atoms with Gasteiger partial charge in [-0.05, 0) is 55.0 Å². The van der Waals surface area contributed by atoms with Crippen LogP contribution in [-0.4, -0.2) is 5.91 Å². The molecule has 148 valence electrons. The fraction of sp³-hybridized carbons (Fsp3) is 0.0833. The van der Waals surface area contributed by atoms with Gasteiger partial charge in [0.2, 0.25) is 5.76 Å². The van der Waals surface area contributed by atoms with Crippen LogP contribution in [0, 0.1) is 6.92 Å². The third-order valence-electron chi connectivity index (χ3n) is 5.33. The summed E-state index contributed by atoms with van der Waals surface area (Å²) in [4.78, 5) is 28.6. The molecule has 0 radical (unpaired) electrons. The summed E-state index contributed by atoms with van der Waals surface area (Å²) < 4.78 is 6.84. The quantitative estimate of drug-likeness (QED) is 0.340. The Hall–Kier alpha value is -2.89. The molecule has 0 N–H and O–H groups in total. The number of carbonyl (C=O) groups excluding carboxylic acids is 1. The summed E-state index contributed by atoms with van der Waals surface area (Å²) in [6.07, 6.45) is 0. The predicted octanol–water partition coefficient (Wildman–Crippen LogP) is 6.27. The summed E-state index contributed by atoms with van der Waals surface area (Å²) in [5.41, 5.74) is 3.05. The molecule has 4 aromatic rings. The summed E-state index contributed by atoms with van der Waals surface area (Å²) >= 11 is 9.55. The monoisotopic (exact) mass is 479 g/mol. The number of benzene rings is 3. The molecule has 1 aliphatic rings. The molecule has 5 rings (SSSR count). The van der Waals surface area contributed by atoms with Gasteiger partial charge < -0.3 is 4.42 Å². The van der Waals surface area contributed by atoms with E-state index >= 15 is 0 Å². The molecule has 0 saturated carbocycles. The first-order valence-corrected chi connectivity index (χ1v) is 10.5. The molecule has 30 heavy (non-hydrogen) atoms. The van der Waals surface area contributed by atoms with Crippen molar-refractivity contribution >= 4 is 50.1 Å². The minimum Gasteiger partial charge on any atom is -0.450 e. The number of fused-ring (bicyclic) bond motifs is 2. The number of amides is 1. The lowest BCUT2D eigenvalue weighted by molar-refractivity contribution is 0.0971. The van der Waals surface area contributed by atoms with Crippen LogP contribution < -0.4 is 10.3 Å². The topological polar surface area (TPSA) is 50.5 Å². The molecule has 2 heterocycles. The first kappa shape index (κ1) is 19.1. The van der Waals surface area contributed by atoms with E-state index in [0.29, 0.717) is 27.2 Å². The second-order valence-corrected chi connectivity index (χ2v) is 8.63. The number of aryl methyl sites for hydroxylation is 1. The van der Waals surface area contributed by atoms with Crippen LogP contribution in [0.3, 0.4) is 0 Å². The van der Waals surface area contributed by atoms with E-state index in [1.165, 1.54) is 0 Å². The first-order chi connectivity index (χ1) is 14.4. The number of hydrogen-bond donors (Lipinski definition) is 0. The maximum Gasteiger partial charge on any atom is 0.295 e. The molecule has 1 aliphatic heterocycles. The second kappa shape index (κ2) is 7.11. The molecule has 0 spiro atoms. The van der Waals surface area contributed by atoms with Crippen molar-refractivity contribution in [3.63, 3.8) is 0 Å². The summed E-state index contributed by atoms with van der Waals surface area (Å²) in [7, 11) is 0. The average Bonchev–Trinajstić information content (AvgIpc) is 3.03. The van der Waals surface area contributed by atoms with Crippen molar-refractivity contribution in [1.29, 1.82) is 0 Å². The third-order valence-corrected chi connectivity index (χ3v) is 6.09. The number of anilines is 1. The fourth-order valence-electron chi connectivity index (χ4n) is 3.88. The molecular formula is C24H15BrClNO3. The number of rotatable bonds is 2. The van der Waals surface area contributed by atoms with E-state index in [1.54, 1.807) is 23.1 Å². The summed E-state index contributed by atoms with van der Waals surface area (Å²) in [6.45, 7) is 1.99. The van der Waals surface area contributed by atoms with Crippen molar-refractivity contribution in [1.82, 2.24) is 0 Å². The second-order valence-electron chi connectivity index (χ2n) is 7.28. The van der Waals surface area contributed by atoms with Gasteiger partial charge in [0.1, 0.15) is 5.58 Å². The van der Waals surface area contributed by atoms with Gasteiger partial charge >= 0.3 is 0 Å². The number of halogens is 2. The zero-order valence-corrected chi connectivity index (χ0v) is 18.2. The highest BCUT2D eigenvalue weighted by Crippen LogP contribution is 2.41. The highest BCUT2D eigenvalue weighted by molar-refractivity contribution is 9.10. The van der Waals surface area contributed by atoms with Crippen LogP contribution in [0.15, 0.2) is 80.4 Å². The van der Waals surface area contributed by atoms with Crippen LogP contribution in [0.1, 0.15) is 33.3 Å². The van der Waals surface area contributed by atoms with Gasteiger partial charge in [0.15, 0.2) is 5.43 Å². The fourth-order valence-corrected chi connectivity index (χ4v) is 4.31. The minimum atomic E-state index is -0.589. The molecule has 3 aromatic carbocycles. The van der Waals surface area contributed by atoms with Gasteiger partial charge in [0.25, 0.3) is 5.91 Å².